The number of nitrogens with zero attached hydrogens (tertiary/aromatic N) is 2. The highest BCUT2D eigenvalue weighted by molar-refractivity contribution is 6.11. The maximum absolute atomic E-state index is 13.7. The van der Waals surface area contributed by atoms with Crippen LogP contribution in [0.2, 0.25) is 0 Å². The number of dihydropyridines is 1. The fourth-order valence-electron chi connectivity index (χ4n) is 2.43. The predicted molar refractivity (Wildman–Crippen MR) is 80.0 cm³/mol. The summed E-state index contributed by atoms with van der Waals surface area (Å²) >= 11 is 0. The van der Waals surface area contributed by atoms with Gasteiger partial charge in [-0.3, -0.25) is 4.79 Å². The van der Waals surface area contributed by atoms with Gasteiger partial charge in [-0.1, -0.05) is 18.2 Å². The van der Waals surface area contributed by atoms with E-state index in [1.165, 1.54) is 13.2 Å². The van der Waals surface area contributed by atoms with E-state index in [-0.39, 0.29) is 16.8 Å². The number of benzene rings is 1. The van der Waals surface area contributed by atoms with Crippen LogP contribution in [-0.2, 0) is 4.74 Å². The Morgan fingerprint density at radius 2 is 2.00 bits per heavy atom. The molecule has 0 aliphatic carbocycles. The number of carbonyl (C=O) groups excluding carboxylic acids is 1. The van der Waals surface area contributed by atoms with Crippen molar-refractivity contribution < 1.29 is 22.7 Å². The first-order valence-corrected chi connectivity index (χ1v) is 6.91. The lowest BCUT2D eigenvalue weighted by atomic mass is 9.87. The van der Waals surface area contributed by atoms with E-state index in [1.54, 1.807) is 18.2 Å². The number of halogens is 3. The van der Waals surface area contributed by atoms with E-state index in [2.05, 4.69) is 15.3 Å². The van der Waals surface area contributed by atoms with E-state index in [0.717, 1.165) is 24.7 Å². The zero-order valence-corrected chi connectivity index (χ0v) is 12.5. The highest BCUT2D eigenvalue weighted by Gasteiger charge is 2.60. The Kier molecular flexibility index (Phi) is 3.75. The molecule has 0 fully saturated rings. The number of rotatable bonds is 3. The van der Waals surface area contributed by atoms with Crippen LogP contribution in [0.3, 0.4) is 0 Å². The van der Waals surface area contributed by atoms with Crippen molar-refractivity contribution in [2.24, 2.45) is 0 Å². The van der Waals surface area contributed by atoms with Crippen molar-refractivity contribution in [3.8, 4) is 0 Å². The molecule has 124 valence electrons. The number of carbonyl (C=O) groups is 1. The third-order valence-electron chi connectivity index (χ3n) is 3.74. The van der Waals surface area contributed by atoms with Gasteiger partial charge in [0, 0.05) is 11.6 Å². The Balaban J connectivity index is 2.15. The monoisotopic (exact) mass is 335 g/mol. The second-order valence-corrected chi connectivity index (χ2v) is 5.10. The molecule has 2 aromatic rings. The molecule has 1 aliphatic rings. The van der Waals surface area contributed by atoms with Crippen molar-refractivity contribution in [3.63, 3.8) is 0 Å². The van der Waals surface area contributed by atoms with E-state index in [0.29, 0.717) is 5.52 Å². The highest BCUT2D eigenvalue weighted by Crippen LogP contribution is 2.37. The largest absolute Gasteiger partial charge is 0.495 e. The number of allylic oxidation sites excluding steroid dienone is 1. The number of ketones is 1. The van der Waals surface area contributed by atoms with E-state index < -0.39 is 17.5 Å². The fourth-order valence-corrected chi connectivity index (χ4v) is 2.43. The molecule has 24 heavy (non-hydrogen) atoms. The topological polar surface area (TPSA) is 64.1 Å². The number of para-hydroxylation sites is 1. The molecule has 0 spiro atoms. The summed E-state index contributed by atoms with van der Waals surface area (Å²) in [5, 5.41) is 2.38. The molecule has 1 aromatic heterocycles. The molecule has 3 rings (SSSR count). The molecule has 1 unspecified atom stereocenters. The van der Waals surface area contributed by atoms with Gasteiger partial charge >= 0.3 is 6.18 Å². The minimum atomic E-state index is -4.87. The molecule has 0 radical (unpaired) electrons. The van der Waals surface area contributed by atoms with Gasteiger partial charge in [0.2, 0.25) is 11.3 Å². The molecule has 1 N–H and O–H groups in total. The summed E-state index contributed by atoms with van der Waals surface area (Å²) in [5.74, 6) is -1.04. The molecule has 1 aliphatic heterocycles. The summed E-state index contributed by atoms with van der Waals surface area (Å²) in [7, 11) is 1.32. The molecule has 0 bridgehead atoms. The van der Waals surface area contributed by atoms with Gasteiger partial charge in [-0.25, -0.2) is 9.97 Å². The van der Waals surface area contributed by atoms with Crippen molar-refractivity contribution in [1.82, 2.24) is 15.3 Å². The molecular weight excluding hydrogens is 323 g/mol. The summed E-state index contributed by atoms with van der Waals surface area (Å²) in [4.78, 5) is 20.5. The second-order valence-electron chi connectivity index (χ2n) is 5.10. The van der Waals surface area contributed by atoms with Crippen LogP contribution < -0.4 is 5.32 Å². The maximum atomic E-state index is 13.7. The quantitative estimate of drug-likeness (QED) is 0.874. The Morgan fingerprint density at radius 1 is 1.25 bits per heavy atom. The van der Waals surface area contributed by atoms with E-state index >= 15 is 0 Å². The number of alkyl halides is 3. The van der Waals surface area contributed by atoms with Crippen LogP contribution in [0.1, 0.15) is 10.5 Å². The first kappa shape index (κ1) is 16.0. The van der Waals surface area contributed by atoms with Crippen LogP contribution in [0.4, 0.5) is 13.2 Å². The summed E-state index contributed by atoms with van der Waals surface area (Å²) in [6.07, 6.45) is -0.948. The van der Waals surface area contributed by atoms with Crippen molar-refractivity contribution in [3.05, 3.63) is 60.4 Å². The Hall–Kier alpha value is -2.90. The van der Waals surface area contributed by atoms with Crippen molar-refractivity contribution in [2.75, 3.05) is 7.11 Å². The molecule has 1 aromatic carbocycles. The van der Waals surface area contributed by atoms with Crippen LogP contribution in [-0.4, -0.2) is 34.6 Å². The van der Waals surface area contributed by atoms with E-state index in [1.807, 2.05) is 0 Å². The summed E-state index contributed by atoms with van der Waals surface area (Å²) in [6.45, 7) is 0. The highest BCUT2D eigenvalue weighted by atomic mass is 19.4. The van der Waals surface area contributed by atoms with Gasteiger partial charge in [0.05, 0.1) is 12.6 Å². The van der Waals surface area contributed by atoms with Gasteiger partial charge in [0.25, 0.3) is 0 Å². The zero-order valence-electron chi connectivity index (χ0n) is 12.5. The molecule has 0 saturated heterocycles. The Morgan fingerprint density at radius 3 is 2.62 bits per heavy atom. The number of hydrogen-bond donors (Lipinski definition) is 1. The van der Waals surface area contributed by atoms with Crippen LogP contribution >= 0.6 is 0 Å². The van der Waals surface area contributed by atoms with Crippen molar-refractivity contribution >= 4 is 16.7 Å². The fraction of sp³-hybridized carbons (Fsp3) is 0.188. The Labute approximate surface area is 134 Å². The van der Waals surface area contributed by atoms with Gasteiger partial charge in [0.1, 0.15) is 17.8 Å². The first-order valence-electron chi connectivity index (χ1n) is 6.91. The van der Waals surface area contributed by atoms with Gasteiger partial charge in [-0.2, -0.15) is 13.2 Å². The van der Waals surface area contributed by atoms with E-state index in [9.17, 15) is 18.0 Å². The number of ether oxygens (including phenoxy) is 1. The summed E-state index contributed by atoms with van der Waals surface area (Å²) < 4.78 is 46.0. The predicted octanol–water partition coefficient (Wildman–Crippen LogP) is 2.76. The average Bonchev–Trinajstić information content (AvgIpc) is 2.59. The minimum absolute atomic E-state index is 0.176. The molecule has 2 heterocycles. The standard InChI is InChI=1S/C16H12F3N3O2/c1-24-10-6-7-15(22-8-10,16(17,18)19)14(23)13-11-4-2-3-5-12(11)20-9-21-13/h2-9,22H,1H3. The molecule has 8 heteroatoms. The molecular formula is C16H12F3N3O2. The van der Waals surface area contributed by atoms with Crippen LogP contribution in [0.5, 0.6) is 0 Å². The number of methoxy groups -OCH3 is 1. The lowest BCUT2D eigenvalue weighted by molar-refractivity contribution is -0.164. The lowest BCUT2D eigenvalue weighted by Gasteiger charge is -2.33. The second kappa shape index (κ2) is 5.63. The molecule has 1 atom stereocenters. The smallest absolute Gasteiger partial charge is 0.422 e. The third kappa shape index (κ3) is 2.40. The van der Waals surface area contributed by atoms with Gasteiger partial charge in [-0.05, 0) is 18.2 Å². The minimum Gasteiger partial charge on any atom is -0.495 e. The van der Waals surface area contributed by atoms with Crippen molar-refractivity contribution in [1.29, 1.82) is 0 Å². The van der Waals surface area contributed by atoms with Gasteiger partial charge in [0.15, 0.2) is 0 Å². The Bertz CT molecular complexity index is 856. The van der Waals surface area contributed by atoms with Crippen LogP contribution in [0.25, 0.3) is 10.9 Å². The number of Topliss-reactive ketones (excluding diaryl/α,β-unsaturated/α-hetero) is 1. The number of hydrogen-bond acceptors (Lipinski definition) is 5. The van der Waals surface area contributed by atoms with Crippen molar-refractivity contribution in [2.45, 2.75) is 11.7 Å². The molecule has 0 saturated carbocycles. The van der Waals surface area contributed by atoms with Gasteiger partial charge < -0.3 is 10.1 Å². The SMILES string of the molecule is COC1=CNC(C(=O)c2ncnc3ccccc23)(C(F)(F)F)C=C1. The summed E-state index contributed by atoms with van der Waals surface area (Å²) in [5.41, 5.74) is -2.82. The summed E-state index contributed by atoms with van der Waals surface area (Å²) in [6, 6.07) is 6.39. The number of aromatic nitrogens is 2. The normalized spacial score (nSPS) is 20.4. The zero-order chi connectivity index (χ0) is 17.4. The number of nitrogens with one attached hydrogen (secondary N) is 1. The molecule has 5 nitrogen and oxygen atoms in total. The van der Waals surface area contributed by atoms with Gasteiger partial charge in [-0.15, -0.1) is 0 Å². The molecule has 0 amide bonds. The lowest BCUT2D eigenvalue weighted by Crippen LogP contribution is -2.60. The first-order chi connectivity index (χ1) is 11.4. The average molecular weight is 335 g/mol. The van der Waals surface area contributed by atoms with Crippen LogP contribution in [0.15, 0.2) is 54.7 Å². The van der Waals surface area contributed by atoms with Crippen LogP contribution in [0, 0.1) is 0 Å². The maximum Gasteiger partial charge on any atom is 0.422 e. The number of fused-ring (bicyclic) bond motifs is 1. The van der Waals surface area contributed by atoms with E-state index in [4.69, 9.17) is 4.74 Å². The third-order valence-corrected chi connectivity index (χ3v) is 3.74.